The van der Waals surface area contributed by atoms with E-state index in [0.29, 0.717) is 139 Å². The summed E-state index contributed by atoms with van der Waals surface area (Å²) in [6.45, 7) is 15.4. The lowest BCUT2D eigenvalue weighted by Crippen LogP contribution is -2.15. The van der Waals surface area contributed by atoms with Crippen molar-refractivity contribution >= 4 is 5.97 Å². The van der Waals surface area contributed by atoms with Gasteiger partial charge in [-0.05, 0) is 6.42 Å². The van der Waals surface area contributed by atoms with Crippen LogP contribution in [0.2, 0.25) is 0 Å². The Morgan fingerprint density at radius 3 is 0.791 bits per heavy atom. The third kappa shape index (κ3) is 41.0. The summed E-state index contributed by atoms with van der Waals surface area (Å²) in [5.74, 6) is -0.309. The van der Waals surface area contributed by atoms with Crippen molar-refractivity contribution in [3.05, 3.63) is 0 Å². The average molecular weight is 629 g/mol. The summed E-state index contributed by atoms with van der Waals surface area (Å²) in [5, 5.41) is 0. The molecule has 0 aromatic carbocycles. The van der Waals surface area contributed by atoms with Crippen molar-refractivity contribution < 1.29 is 61.6 Å². The molecular formula is C30H60O13. The highest BCUT2D eigenvalue weighted by atomic mass is 16.6. The van der Waals surface area contributed by atoms with Crippen LogP contribution in [0.5, 0.6) is 0 Å². The van der Waals surface area contributed by atoms with Gasteiger partial charge in [0.25, 0.3) is 0 Å². The van der Waals surface area contributed by atoms with Gasteiger partial charge in [0.2, 0.25) is 0 Å². The fourth-order valence-electron chi connectivity index (χ4n) is 3.18. The monoisotopic (exact) mass is 628 g/mol. The molecule has 0 aliphatic rings. The van der Waals surface area contributed by atoms with E-state index in [4.69, 9.17) is 56.8 Å². The number of carbonyl (C=O) groups is 1. The predicted octanol–water partition coefficient (Wildman–Crippen LogP) is 2.31. The van der Waals surface area contributed by atoms with Crippen LogP contribution in [0.3, 0.4) is 0 Å². The van der Waals surface area contributed by atoms with E-state index >= 15 is 0 Å². The van der Waals surface area contributed by atoms with Gasteiger partial charge < -0.3 is 56.8 Å². The number of ether oxygens (including phenoxy) is 12. The van der Waals surface area contributed by atoms with Gasteiger partial charge in [-0.3, -0.25) is 4.79 Å². The van der Waals surface area contributed by atoms with Crippen LogP contribution in [-0.4, -0.2) is 158 Å². The minimum absolute atomic E-state index is 0.260. The Hall–Kier alpha value is -0.970. The van der Waals surface area contributed by atoms with Gasteiger partial charge in [0.05, 0.1) is 139 Å². The lowest BCUT2D eigenvalue weighted by atomic mass is 10.2. The summed E-state index contributed by atoms with van der Waals surface area (Å²) < 4.78 is 64.6. The van der Waals surface area contributed by atoms with Gasteiger partial charge in [0, 0.05) is 13.5 Å². The smallest absolute Gasteiger partial charge is 0.302 e. The van der Waals surface area contributed by atoms with Crippen LogP contribution < -0.4 is 0 Å². The van der Waals surface area contributed by atoms with Crippen LogP contribution in [0.4, 0.5) is 0 Å². The molecule has 0 aromatic rings. The first kappa shape index (κ1) is 42.0. The first-order chi connectivity index (χ1) is 21.3. The van der Waals surface area contributed by atoms with Crippen LogP contribution in [0.1, 0.15) is 39.5 Å². The van der Waals surface area contributed by atoms with E-state index in [1.54, 1.807) is 0 Å². The van der Waals surface area contributed by atoms with Gasteiger partial charge in [-0.15, -0.1) is 0 Å². The molecule has 43 heavy (non-hydrogen) atoms. The predicted molar refractivity (Wildman–Crippen MR) is 160 cm³/mol. The molecule has 0 rings (SSSR count). The maximum atomic E-state index is 10.6. The zero-order valence-electron chi connectivity index (χ0n) is 26.9. The molecule has 0 N–H and O–H groups in total. The summed E-state index contributed by atoms with van der Waals surface area (Å²) in [6, 6.07) is 0. The van der Waals surface area contributed by atoms with E-state index < -0.39 is 0 Å². The van der Waals surface area contributed by atoms with Crippen LogP contribution in [0, 0.1) is 0 Å². The third-order valence-corrected chi connectivity index (χ3v) is 5.40. The molecule has 0 saturated heterocycles. The number of esters is 1. The van der Waals surface area contributed by atoms with Crippen molar-refractivity contribution in [1.29, 1.82) is 0 Å². The molecule has 0 amide bonds. The van der Waals surface area contributed by atoms with Crippen LogP contribution in [0.25, 0.3) is 0 Å². The molecule has 0 aromatic heterocycles. The zero-order chi connectivity index (χ0) is 31.2. The fourth-order valence-corrected chi connectivity index (χ4v) is 3.18. The Morgan fingerprint density at radius 1 is 0.326 bits per heavy atom. The van der Waals surface area contributed by atoms with Crippen molar-refractivity contribution in [2.75, 3.05) is 152 Å². The molecule has 0 spiro atoms. The normalized spacial score (nSPS) is 11.4. The van der Waals surface area contributed by atoms with E-state index in [1.807, 2.05) is 0 Å². The lowest BCUT2D eigenvalue weighted by Gasteiger charge is -2.09. The highest BCUT2D eigenvalue weighted by Crippen LogP contribution is 1.98. The maximum absolute atomic E-state index is 10.6. The largest absolute Gasteiger partial charge is 0.463 e. The van der Waals surface area contributed by atoms with Gasteiger partial charge in [-0.1, -0.05) is 26.2 Å². The van der Waals surface area contributed by atoms with Crippen molar-refractivity contribution in [2.24, 2.45) is 0 Å². The van der Waals surface area contributed by atoms with Gasteiger partial charge in [-0.25, -0.2) is 0 Å². The molecule has 0 atom stereocenters. The average Bonchev–Trinajstić information content (AvgIpc) is 3.00. The quantitative estimate of drug-likeness (QED) is 0.0734. The number of unbranched alkanes of at least 4 members (excludes halogenated alkanes) is 3. The van der Waals surface area contributed by atoms with Crippen molar-refractivity contribution in [3.8, 4) is 0 Å². The second kappa shape index (κ2) is 39.1. The van der Waals surface area contributed by atoms with E-state index in [1.165, 1.54) is 26.2 Å². The number of rotatable bonds is 38. The second-order valence-corrected chi connectivity index (χ2v) is 9.14. The molecule has 0 aliphatic heterocycles. The minimum atomic E-state index is -0.309. The molecule has 13 nitrogen and oxygen atoms in total. The summed E-state index contributed by atoms with van der Waals surface area (Å²) in [7, 11) is 0. The van der Waals surface area contributed by atoms with Crippen LogP contribution >= 0.6 is 0 Å². The summed E-state index contributed by atoms with van der Waals surface area (Å²) in [6.07, 6.45) is 4.89. The Morgan fingerprint density at radius 2 is 0.558 bits per heavy atom. The molecular weight excluding hydrogens is 568 g/mol. The topological polar surface area (TPSA) is 128 Å². The number of hydrogen-bond donors (Lipinski definition) is 0. The Labute approximate surface area is 259 Å². The minimum Gasteiger partial charge on any atom is -0.463 e. The number of carbonyl (C=O) groups excluding carboxylic acids is 1. The summed E-state index contributed by atoms with van der Waals surface area (Å²) in [5.41, 5.74) is 0. The van der Waals surface area contributed by atoms with E-state index in [2.05, 4.69) is 6.92 Å². The molecule has 0 aliphatic carbocycles. The molecule has 0 saturated carbocycles. The van der Waals surface area contributed by atoms with Gasteiger partial charge in [-0.2, -0.15) is 0 Å². The van der Waals surface area contributed by atoms with Gasteiger partial charge in [0.1, 0.15) is 6.61 Å². The Bertz CT molecular complexity index is 528. The van der Waals surface area contributed by atoms with Gasteiger partial charge in [0.15, 0.2) is 0 Å². The van der Waals surface area contributed by atoms with E-state index in [9.17, 15) is 4.79 Å². The first-order valence-electron chi connectivity index (χ1n) is 15.8. The summed E-state index contributed by atoms with van der Waals surface area (Å²) in [4.78, 5) is 10.6. The standard InChI is InChI=1S/C30H60O13/c1-3-4-5-6-7-32-8-9-33-10-11-34-12-13-35-14-15-36-16-17-37-18-19-38-20-21-39-22-23-40-24-25-41-26-27-42-28-29-43-30(2)31/h3-29H2,1-2H3. The van der Waals surface area contributed by atoms with Crippen LogP contribution in [0.15, 0.2) is 0 Å². The second-order valence-electron chi connectivity index (χ2n) is 9.14. The molecule has 258 valence electrons. The first-order valence-corrected chi connectivity index (χ1v) is 15.8. The molecule has 0 heterocycles. The van der Waals surface area contributed by atoms with E-state index in [-0.39, 0.29) is 12.6 Å². The molecule has 0 fully saturated rings. The zero-order valence-corrected chi connectivity index (χ0v) is 26.9. The molecule has 0 radical (unpaired) electrons. The van der Waals surface area contributed by atoms with Gasteiger partial charge >= 0.3 is 5.97 Å². The van der Waals surface area contributed by atoms with Crippen molar-refractivity contribution in [3.63, 3.8) is 0 Å². The highest BCUT2D eigenvalue weighted by Gasteiger charge is 1.97. The lowest BCUT2D eigenvalue weighted by molar-refractivity contribution is -0.142. The fraction of sp³-hybridized carbons (Fsp3) is 0.967. The Kier molecular flexibility index (Phi) is 38.2. The molecule has 0 bridgehead atoms. The SMILES string of the molecule is CCCCCCOCCOCCOCCOCCOCCOCCOCCOCCOCCOCCOCCOC(C)=O. The van der Waals surface area contributed by atoms with Crippen molar-refractivity contribution in [2.45, 2.75) is 39.5 Å². The Balaban J connectivity index is 3.03. The van der Waals surface area contributed by atoms with Crippen LogP contribution in [-0.2, 0) is 61.6 Å². The number of hydrogen-bond acceptors (Lipinski definition) is 13. The van der Waals surface area contributed by atoms with Crippen molar-refractivity contribution in [1.82, 2.24) is 0 Å². The highest BCUT2D eigenvalue weighted by molar-refractivity contribution is 5.65. The third-order valence-electron chi connectivity index (χ3n) is 5.40. The molecule has 13 heteroatoms. The van der Waals surface area contributed by atoms with E-state index in [0.717, 1.165) is 13.0 Å². The summed E-state index contributed by atoms with van der Waals surface area (Å²) >= 11 is 0. The molecule has 0 unspecified atom stereocenters. The maximum Gasteiger partial charge on any atom is 0.302 e.